The van der Waals surface area contributed by atoms with Gasteiger partial charge in [-0.3, -0.25) is 0 Å². The second kappa shape index (κ2) is 11.5. The van der Waals surface area contributed by atoms with Crippen molar-refractivity contribution in [2.75, 3.05) is 13.2 Å². The van der Waals surface area contributed by atoms with Crippen LogP contribution in [0, 0.1) is 0 Å². The molecule has 0 spiro atoms. The lowest BCUT2D eigenvalue weighted by molar-refractivity contribution is 0.195. The van der Waals surface area contributed by atoms with Crippen LogP contribution < -0.4 is 0 Å². The highest BCUT2D eigenvalue weighted by atomic mass is 79.9. The number of hydrogen-bond acceptors (Lipinski definition) is 2. The first-order valence-electron chi connectivity index (χ1n) is 7.74. The molecule has 1 aromatic rings. The Hall–Kier alpha value is -0.163. The zero-order valence-electron chi connectivity index (χ0n) is 12.7. The molecule has 0 N–H and O–H groups in total. The summed E-state index contributed by atoms with van der Waals surface area (Å²) in [6.45, 7) is 6.01. The molecule has 0 fully saturated rings. The monoisotopic (exact) mass is 358 g/mol. The summed E-state index contributed by atoms with van der Waals surface area (Å²) >= 11 is 3.52. The molecule has 0 atom stereocenters. The molecule has 1 rings (SSSR count). The zero-order chi connectivity index (χ0) is 14.6. The van der Waals surface area contributed by atoms with Crippen LogP contribution in [-0.4, -0.2) is 22.5 Å². The van der Waals surface area contributed by atoms with Gasteiger partial charge in [-0.05, 0) is 49.4 Å². The number of halogens is 1. The Labute approximate surface area is 133 Å². The maximum Gasteiger partial charge on any atom is 0.321 e. The molecule has 0 amide bonds. The molecule has 0 radical (unpaired) electrons. The minimum atomic E-state index is -1.41. The highest BCUT2D eigenvalue weighted by Gasteiger charge is 2.12. The van der Waals surface area contributed by atoms with E-state index in [0.29, 0.717) is 0 Å². The summed E-state index contributed by atoms with van der Waals surface area (Å²) in [6.07, 6.45) is 5.72. The van der Waals surface area contributed by atoms with E-state index in [1.165, 1.54) is 22.9 Å². The lowest BCUT2D eigenvalue weighted by Gasteiger charge is -2.16. The molecule has 0 saturated carbocycles. The van der Waals surface area contributed by atoms with Gasteiger partial charge in [-0.2, -0.15) is 0 Å². The van der Waals surface area contributed by atoms with E-state index < -0.39 is 9.28 Å². The van der Waals surface area contributed by atoms with Gasteiger partial charge in [0, 0.05) is 17.7 Å². The lowest BCUT2D eigenvalue weighted by atomic mass is 10.1. The minimum absolute atomic E-state index is 0.853. The maximum atomic E-state index is 5.87. The first kappa shape index (κ1) is 17.9. The van der Waals surface area contributed by atoms with Crippen molar-refractivity contribution >= 4 is 25.2 Å². The standard InChI is InChI=1S/C16H27BrO2Si/c1-3-11-18-20(19-12-4-2)13-6-5-8-15-9-7-10-16(17)14-15/h7,9-10,14,20H,3-6,8,11-13H2,1-2H3. The summed E-state index contributed by atoms with van der Waals surface area (Å²) < 4.78 is 12.9. The summed E-state index contributed by atoms with van der Waals surface area (Å²) in [5.74, 6) is 0. The fraction of sp³-hybridized carbons (Fsp3) is 0.625. The predicted molar refractivity (Wildman–Crippen MR) is 91.5 cm³/mol. The Morgan fingerprint density at radius 2 is 1.75 bits per heavy atom. The van der Waals surface area contributed by atoms with Crippen molar-refractivity contribution in [3.05, 3.63) is 34.3 Å². The van der Waals surface area contributed by atoms with Crippen molar-refractivity contribution in [1.82, 2.24) is 0 Å². The van der Waals surface area contributed by atoms with Gasteiger partial charge >= 0.3 is 9.28 Å². The van der Waals surface area contributed by atoms with Crippen molar-refractivity contribution in [1.29, 1.82) is 0 Å². The third-order valence-electron chi connectivity index (χ3n) is 3.06. The molecule has 0 aromatic heterocycles. The largest absolute Gasteiger partial charge is 0.397 e. The van der Waals surface area contributed by atoms with E-state index in [1.54, 1.807) is 0 Å². The van der Waals surface area contributed by atoms with Crippen molar-refractivity contribution in [3.63, 3.8) is 0 Å². The molecule has 0 heterocycles. The van der Waals surface area contributed by atoms with Gasteiger partial charge in [-0.15, -0.1) is 0 Å². The number of rotatable bonds is 11. The molecular weight excluding hydrogens is 332 g/mol. The fourth-order valence-electron chi connectivity index (χ4n) is 2.05. The molecule has 0 saturated heterocycles. The second-order valence-corrected chi connectivity index (χ2v) is 8.07. The highest BCUT2D eigenvalue weighted by molar-refractivity contribution is 9.10. The maximum absolute atomic E-state index is 5.87. The van der Waals surface area contributed by atoms with E-state index in [1.807, 2.05) is 0 Å². The van der Waals surface area contributed by atoms with E-state index in [4.69, 9.17) is 8.85 Å². The quantitative estimate of drug-likeness (QED) is 0.416. The normalized spacial score (nSPS) is 11.2. The van der Waals surface area contributed by atoms with Crippen LogP contribution in [0.25, 0.3) is 0 Å². The number of aryl methyl sites for hydroxylation is 1. The van der Waals surface area contributed by atoms with E-state index in [2.05, 4.69) is 54.0 Å². The van der Waals surface area contributed by atoms with E-state index in [-0.39, 0.29) is 0 Å². The first-order chi connectivity index (χ1) is 9.76. The molecule has 0 aliphatic heterocycles. The smallest absolute Gasteiger partial charge is 0.321 e. The van der Waals surface area contributed by atoms with Crippen LogP contribution in [-0.2, 0) is 15.3 Å². The van der Waals surface area contributed by atoms with Crippen molar-refractivity contribution in [3.8, 4) is 0 Å². The molecule has 20 heavy (non-hydrogen) atoms. The fourth-order valence-corrected chi connectivity index (χ4v) is 4.54. The van der Waals surface area contributed by atoms with Gasteiger partial charge < -0.3 is 8.85 Å². The number of benzene rings is 1. The van der Waals surface area contributed by atoms with Crippen LogP contribution in [0.15, 0.2) is 28.7 Å². The van der Waals surface area contributed by atoms with Crippen LogP contribution in [0.1, 0.15) is 45.1 Å². The van der Waals surface area contributed by atoms with Crippen molar-refractivity contribution in [2.24, 2.45) is 0 Å². The van der Waals surface area contributed by atoms with Crippen molar-refractivity contribution < 1.29 is 8.85 Å². The second-order valence-electron chi connectivity index (χ2n) is 5.05. The average Bonchev–Trinajstić information content (AvgIpc) is 2.45. The molecule has 0 unspecified atom stereocenters. The SMILES string of the molecule is CCCO[SiH](CCCCc1cccc(Br)c1)OCCC. The molecule has 1 aromatic carbocycles. The number of hydrogen-bond donors (Lipinski definition) is 0. The van der Waals surface area contributed by atoms with Crippen LogP contribution in [0.2, 0.25) is 6.04 Å². The first-order valence-corrected chi connectivity index (χ1v) is 10.3. The molecule has 4 heteroatoms. The minimum Gasteiger partial charge on any atom is -0.397 e. The predicted octanol–water partition coefficient (Wildman–Crippen LogP) is 4.85. The zero-order valence-corrected chi connectivity index (χ0v) is 15.5. The van der Waals surface area contributed by atoms with Gasteiger partial charge in [-0.25, -0.2) is 0 Å². The van der Waals surface area contributed by atoms with Crippen LogP contribution in [0.4, 0.5) is 0 Å². The topological polar surface area (TPSA) is 18.5 Å². The van der Waals surface area contributed by atoms with Gasteiger partial charge in [0.2, 0.25) is 0 Å². The Morgan fingerprint density at radius 1 is 1.05 bits per heavy atom. The Morgan fingerprint density at radius 3 is 2.35 bits per heavy atom. The van der Waals surface area contributed by atoms with E-state index in [0.717, 1.165) is 38.5 Å². The van der Waals surface area contributed by atoms with E-state index in [9.17, 15) is 0 Å². The van der Waals surface area contributed by atoms with Gasteiger partial charge in [0.1, 0.15) is 0 Å². The summed E-state index contributed by atoms with van der Waals surface area (Å²) in [4.78, 5) is 0. The Bertz CT molecular complexity index is 352. The van der Waals surface area contributed by atoms with Gasteiger partial charge in [-0.1, -0.05) is 48.3 Å². The summed E-state index contributed by atoms with van der Waals surface area (Å²) in [7, 11) is -1.41. The Balaban J connectivity index is 2.21. The molecule has 2 nitrogen and oxygen atoms in total. The van der Waals surface area contributed by atoms with Gasteiger partial charge in [0.05, 0.1) is 0 Å². The third kappa shape index (κ3) is 8.20. The van der Waals surface area contributed by atoms with Crippen LogP contribution in [0.5, 0.6) is 0 Å². The number of unbranched alkanes of at least 4 members (excludes halogenated alkanes) is 1. The summed E-state index contributed by atoms with van der Waals surface area (Å²) in [6, 6.07) is 9.71. The Kier molecular flexibility index (Phi) is 10.3. The highest BCUT2D eigenvalue weighted by Crippen LogP contribution is 2.15. The van der Waals surface area contributed by atoms with Gasteiger partial charge in [0.25, 0.3) is 0 Å². The average molecular weight is 359 g/mol. The third-order valence-corrected chi connectivity index (χ3v) is 5.65. The molecule has 114 valence electrons. The molecular formula is C16H27BrO2Si. The van der Waals surface area contributed by atoms with E-state index >= 15 is 0 Å². The summed E-state index contributed by atoms with van der Waals surface area (Å²) in [5.41, 5.74) is 1.40. The van der Waals surface area contributed by atoms with Crippen molar-refractivity contribution in [2.45, 2.75) is 52.0 Å². The summed E-state index contributed by atoms with van der Waals surface area (Å²) in [5, 5.41) is 0. The van der Waals surface area contributed by atoms with Crippen LogP contribution >= 0.6 is 15.9 Å². The van der Waals surface area contributed by atoms with Crippen LogP contribution in [0.3, 0.4) is 0 Å². The molecule has 0 aliphatic carbocycles. The lowest BCUT2D eigenvalue weighted by Crippen LogP contribution is -2.23. The van der Waals surface area contributed by atoms with Gasteiger partial charge in [0.15, 0.2) is 0 Å². The molecule has 0 aliphatic rings. The molecule has 0 bridgehead atoms.